The van der Waals surface area contributed by atoms with Gasteiger partial charge in [-0.2, -0.15) is 0 Å². The zero-order valence-electron chi connectivity index (χ0n) is 13.9. The number of nitrogens with zero attached hydrogens (tertiary/aromatic N) is 4. The summed E-state index contributed by atoms with van der Waals surface area (Å²) in [6.45, 7) is 7.24. The molecule has 24 heavy (non-hydrogen) atoms. The second-order valence-electron chi connectivity index (χ2n) is 5.44. The van der Waals surface area contributed by atoms with Crippen molar-refractivity contribution in [2.24, 2.45) is 0 Å². The minimum atomic E-state index is 0.649. The number of hydrogen-bond donors (Lipinski definition) is 1. The highest BCUT2D eigenvalue weighted by atomic mass is 32.2. The van der Waals surface area contributed by atoms with Gasteiger partial charge in [0.1, 0.15) is 5.75 Å². The van der Waals surface area contributed by atoms with Crippen molar-refractivity contribution >= 4 is 11.8 Å². The lowest BCUT2D eigenvalue weighted by molar-refractivity contribution is 0.0410. The Hall–Kier alpha value is -1.77. The van der Waals surface area contributed by atoms with E-state index >= 15 is 0 Å². The molecule has 0 unspecified atom stereocenters. The van der Waals surface area contributed by atoms with E-state index in [2.05, 4.69) is 15.1 Å². The zero-order chi connectivity index (χ0) is 16.8. The summed E-state index contributed by atoms with van der Waals surface area (Å²) in [6, 6.07) is 7.72. The van der Waals surface area contributed by atoms with Gasteiger partial charge < -0.3 is 15.3 Å². The number of rotatable bonds is 7. The molecule has 0 amide bonds. The van der Waals surface area contributed by atoms with Crippen LogP contribution in [0.4, 0.5) is 0 Å². The van der Waals surface area contributed by atoms with Gasteiger partial charge >= 0.3 is 0 Å². The Kier molecular flexibility index (Phi) is 5.95. The van der Waals surface area contributed by atoms with E-state index < -0.39 is 0 Å². The Balaban J connectivity index is 1.58. The van der Waals surface area contributed by atoms with Crippen LogP contribution in [0.2, 0.25) is 0 Å². The normalized spacial score (nSPS) is 15.5. The van der Waals surface area contributed by atoms with E-state index in [9.17, 15) is 0 Å². The summed E-state index contributed by atoms with van der Waals surface area (Å²) in [4.78, 5) is 2.39. The lowest BCUT2D eigenvalue weighted by atomic mass is 10.2. The minimum absolute atomic E-state index is 0.649. The molecule has 2 aromatic rings. The first-order chi connectivity index (χ1) is 11.8. The fraction of sp³-hybridized carbons (Fsp3) is 0.500. The number of nitrogen functional groups attached to an aromatic ring is 1. The first-order valence-electron chi connectivity index (χ1n) is 8.14. The quantitative estimate of drug-likeness (QED) is 0.599. The molecule has 7 nitrogen and oxygen atoms in total. The molecule has 0 atom stereocenters. The standard InChI is InChI=1S/C16H23N5O2S/c1-2-23-14-5-3-13(4-6-14)15-18-19-16(21(15)17)24-12-9-20-7-10-22-11-8-20/h3-6H,2,7-12,17H2,1H3. The molecule has 8 heteroatoms. The van der Waals surface area contributed by atoms with Gasteiger partial charge in [-0.1, -0.05) is 11.8 Å². The van der Waals surface area contributed by atoms with Gasteiger partial charge in [-0.15, -0.1) is 10.2 Å². The average molecular weight is 349 g/mol. The molecular weight excluding hydrogens is 326 g/mol. The van der Waals surface area contributed by atoms with Crippen LogP contribution in [0.1, 0.15) is 6.92 Å². The van der Waals surface area contributed by atoms with Gasteiger partial charge in [0, 0.05) is 31.0 Å². The lowest BCUT2D eigenvalue weighted by Crippen LogP contribution is -2.37. The summed E-state index contributed by atoms with van der Waals surface area (Å²) < 4.78 is 12.4. The highest BCUT2D eigenvalue weighted by Gasteiger charge is 2.14. The van der Waals surface area contributed by atoms with Gasteiger partial charge in [-0.05, 0) is 31.2 Å². The summed E-state index contributed by atoms with van der Waals surface area (Å²) in [7, 11) is 0. The number of hydrogen-bond acceptors (Lipinski definition) is 7. The van der Waals surface area contributed by atoms with E-state index in [1.165, 1.54) is 0 Å². The highest BCUT2D eigenvalue weighted by molar-refractivity contribution is 7.99. The highest BCUT2D eigenvalue weighted by Crippen LogP contribution is 2.23. The molecule has 1 aromatic heterocycles. The predicted molar refractivity (Wildman–Crippen MR) is 94.8 cm³/mol. The van der Waals surface area contributed by atoms with Crippen LogP contribution in [-0.2, 0) is 4.74 Å². The fourth-order valence-electron chi connectivity index (χ4n) is 2.53. The number of ether oxygens (including phenoxy) is 2. The lowest BCUT2D eigenvalue weighted by Gasteiger charge is -2.26. The molecule has 1 aliphatic rings. The van der Waals surface area contributed by atoms with E-state index in [1.54, 1.807) is 16.4 Å². The Morgan fingerprint density at radius 1 is 1.21 bits per heavy atom. The van der Waals surface area contributed by atoms with Crippen molar-refractivity contribution in [2.45, 2.75) is 12.1 Å². The molecule has 1 aliphatic heterocycles. The van der Waals surface area contributed by atoms with Crippen molar-refractivity contribution < 1.29 is 9.47 Å². The van der Waals surface area contributed by atoms with Crippen LogP contribution in [0, 0.1) is 0 Å². The van der Waals surface area contributed by atoms with Crippen LogP contribution in [0.5, 0.6) is 5.75 Å². The van der Waals surface area contributed by atoms with Crippen LogP contribution in [0.15, 0.2) is 29.4 Å². The van der Waals surface area contributed by atoms with Crippen LogP contribution in [-0.4, -0.2) is 65.0 Å². The van der Waals surface area contributed by atoms with E-state index in [4.69, 9.17) is 15.3 Å². The van der Waals surface area contributed by atoms with Crippen molar-refractivity contribution in [1.82, 2.24) is 19.8 Å². The summed E-state index contributed by atoms with van der Waals surface area (Å²) >= 11 is 1.62. The monoisotopic (exact) mass is 349 g/mol. The van der Waals surface area contributed by atoms with E-state index in [0.717, 1.165) is 55.1 Å². The number of morpholine rings is 1. The van der Waals surface area contributed by atoms with Crippen LogP contribution < -0.4 is 10.6 Å². The maximum atomic E-state index is 6.16. The third-order valence-corrected chi connectivity index (χ3v) is 4.75. The van der Waals surface area contributed by atoms with Crippen molar-refractivity contribution in [1.29, 1.82) is 0 Å². The van der Waals surface area contributed by atoms with E-state index in [1.807, 2.05) is 31.2 Å². The molecule has 3 rings (SSSR count). The summed E-state index contributed by atoms with van der Waals surface area (Å²) in [6.07, 6.45) is 0. The molecule has 0 aliphatic carbocycles. The second kappa shape index (κ2) is 8.36. The third kappa shape index (κ3) is 4.19. The van der Waals surface area contributed by atoms with Gasteiger partial charge in [0.15, 0.2) is 5.82 Å². The van der Waals surface area contributed by atoms with E-state index in [0.29, 0.717) is 12.4 Å². The maximum absolute atomic E-state index is 6.16. The number of aromatic nitrogens is 3. The largest absolute Gasteiger partial charge is 0.494 e. The van der Waals surface area contributed by atoms with Crippen molar-refractivity contribution in [3.8, 4) is 17.1 Å². The van der Waals surface area contributed by atoms with Gasteiger partial charge in [0.25, 0.3) is 0 Å². The summed E-state index contributed by atoms with van der Waals surface area (Å²) in [5, 5.41) is 9.16. The first-order valence-corrected chi connectivity index (χ1v) is 9.13. The molecule has 2 N–H and O–H groups in total. The topological polar surface area (TPSA) is 78.4 Å². The molecular formula is C16H23N5O2S. The molecule has 0 radical (unpaired) electrons. The first kappa shape index (κ1) is 17.1. The Morgan fingerprint density at radius 2 is 1.96 bits per heavy atom. The molecule has 0 bridgehead atoms. The van der Waals surface area contributed by atoms with Gasteiger partial charge in [-0.25, -0.2) is 4.68 Å². The molecule has 0 saturated carbocycles. The Morgan fingerprint density at radius 3 is 2.67 bits per heavy atom. The second-order valence-corrected chi connectivity index (χ2v) is 6.50. The number of thioether (sulfide) groups is 1. The van der Waals surface area contributed by atoms with Gasteiger partial charge in [0.05, 0.1) is 19.8 Å². The summed E-state index contributed by atoms with van der Waals surface area (Å²) in [5.74, 6) is 8.58. The SMILES string of the molecule is CCOc1ccc(-c2nnc(SCCN3CCOCC3)n2N)cc1. The summed E-state index contributed by atoms with van der Waals surface area (Å²) in [5.41, 5.74) is 0.925. The molecule has 1 fully saturated rings. The Labute approximate surface area is 146 Å². The predicted octanol–water partition coefficient (Wildman–Crippen LogP) is 1.48. The van der Waals surface area contributed by atoms with Crippen molar-refractivity contribution in [3.63, 3.8) is 0 Å². The number of nitrogens with two attached hydrogens (primary N) is 1. The minimum Gasteiger partial charge on any atom is -0.494 e. The fourth-order valence-corrected chi connectivity index (χ4v) is 3.39. The molecule has 0 spiro atoms. The van der Waals surface area contributed by atoms with Crippen LogP contribution in [0.25, 0.3) is 11.4 Å². The van der Waals surface area contributed by atoms with Gasteiger partial charge in [0.2, 0.25) is 5.16 Å². The van der Waals surface area contributed by atoms with Crippen molar-refractivity contribution in [3.05, 3.63) is 24.3 Å². The molecule has 1 aromatic carbocycles. The van der Waals surface area contributed by atoms with Crippen molar-refractivity contribution in [2.75, 3.05) is 51.1 Å². The zero-order valence-corrected chi connectivity index (χ0v) is 14.7. The van der Waals surface area contributed by atoms with E-state index in [-0.39, 0.29) is 0 Å². The maximum Gasteiger partial charge on any atom is 0.210 e. The molecule has 1 saturated heterocycles. The average Bonchev–Trinajstić information content (AvgIpc) is 2.98. The Bertz CT molecular complexity index is 640. The smallest absolute Gasteiger partial charge is 0.210 e. The van der Waals surface area contributed by atoms with Crippen LogP contribution in [0.3, 0.4) is 0 Å². The molecule has 130 valence electrons. The number of benzene rings is 1. The van der Waals surface area contributed by atoms with Gasteiger partial charge in [-0.3, -0.25) is 4.90 Å². The van der Waals surface area contributed by atoms with Crippen LogP contribution >= 0.6 is 11.8 Å². The third-order valence-electron chi connectivity index (χ3n) is 3.83. The molecule has 2 heterocycles.